The smallest absolute Gasteiger partial charge is 0.338 e. The van der Waals surface area contributed by atoms with Crippen LogP contribution in [-0.2, 0) is 11.2 Å². The summed E-state index contributed by atoms with van der Waals surface area (Å²) in [6, 6.07) is 5.47. The van der Waals surface area contributed by atoms with Crippen molar-refractivity contribution >= 4 is 28.6 Å². The molecule has 1 aromatic rings. The van der Waals surface area contributed by atoms with Gasteiger partial charge in [0.1, 0.15) is 0 Å². The monoisotopic (exact) mass is 329 g/mol. The molecule has 0 unspecified atom stereocenters. The lowest BCUT2D eigenvalue weighted by atomic mass is 10.0. The Balaban J connectivity index is 3.21. The maximum Gasteiger partial charge on any atom is 0.338 e. The van der Waals surface area contributed by atoms with E-state index >= 15 is 0 Å². The molecule has 84 valence electrons. The van der Waals surface area contributed by atoms with E-state index in [1.54, 1.807) is 19.1 Å². The number of ether oxygens (including phenoxy) is 1. The summed E-state index contributed by atoms with van der Waals surface area (Å²) in [6.07, 6.45) is 0.782. The molecule has 16 heavy (non-hydrogen) atoms. The largest absolute Gasteiger partial charge is 0.462 e. The normalized spacial score (nSPS) is 9.62. The summed E-state index contributed by atoms with van der Waals surface area (Å²) in [4.78, 5) is 11.5. The van der Waals surface area contributed by atoms with Gasteiger partial charge in [-0.3, -0.25) is 0 Å². The zero-order valence-corrected chi connectivity index (χ0v) is 11.4. The van der Waals surface area contributed by atoms with Gasteiger partial charge in [0.15, 0.2) is 0 Å². The Kier molecular flexibility index (Phi) is 4.74. The summed E-state index contributed by atoms with van der Waals surface area (Å²) in [6.45, 7) is 4.09. The van der Waals surface area contributed by atoms with Crippen LogP contribution < -0.4 is 0 Å². The van der Waals surface area contributed by atoms with Crippen molar-refractivity contribution in [2.45, 2.75) is 20.3 Å². The van der Waals surface area contributed by atoms with E-state index < -0.39 is 0 Å². The van der Waals surface area contributed by atoms with E-state index in [-0.39, 0.29) is 5.97 Å². The highest BCUT2D eigenvalue weighted by atomic mass is 127. The fourth-order valence-corrected chi connectivity index (χ4v) is 2.44. The average molecular weight is 329 g/mol. The number of halogens is 1. The molecule has 0 N–H and O–H groups in total. The van der Waals surface area contributed by atoms with Gasteiger partial charge in [0.2, 0.25) is 0 Å². The molecule has 0 spiro atoms. The Bertz CT molecular complexity index is 449. The number of carbonyl (C=O) groups is 1. The second-order valence-electron chi connectivity index (χ2n) is 3.17. The third kappa shape index (κ3) is 2.73. The van der Waals surface area contributed by atoms with Crippen molar-refractivity contribution in [1.82, 2.24) is 0 Å². The second kappa shape index (κ2) is 5.85. The fraction of sp³-hybridized carbons (Fsp3) is 0.333. The van der Waals surface area contributed by atoms with Gasteiger partial charge in [0.25, 0.3) is 0 Å². The fourth-order valence-electron chi connectivity index (χ4n) is 1.43. The van der Waals surface area contributed by atoms with E-state index in [2.05, 4.69) is 28.7 Å². The van der Waals surface area contributed by atoms with Gasteiger partial charge in [-0.15, -0.1) is 0 Å². The summed E-state index contributed by atoms with van der Waals surface area (Å²) >= 11 is 2.14. The molecule has 1 rings (SSSR count). The van der Waals surface area contributed by atoms with E-state index in [0.29, 0.717) is 17.7 Å². The molecule has 0 aliphatic carbocycles. The number of hydrogen-bond donors (Lipinski definition) is 0. The number of esters is 1. The SMILES string of the molecule is CCOC(=O)c1cc(I)c(CC)c(C#N)c1. The maximum atomic E-state index is 11.5. The first-order valence-corrected chi connectivity index (χ1v) is 6.11. The van der Waals surface area contributed by atoms with Crippen LogP contribution in [0.2, 0.25) is 0 Å². The molecule has 0 saturated carbocycles. The molecule has 0 heterocycles. The van der Waals surface area contributed by atoms with Crippen molar-refractivity contribution < 1.29 is 9.53 Å². The van der Waals surface area contributed by atoms with Crippen molar-refractivity contribution in [3.8, 4) is 6.07 Å². The molecule has 1 aromatic carbocycles. The number of nitrogens with zero attached hydrogens (tertiary/aromatic N) is 1. The van der Waals surface area contributed by atoms with E-state index in [0.717, 1.165) is 15.6 Å². The Labute approximate surface area is 109 Å². The third-order valence-corrected chi connectivity index (χ3v) is 3.14. The maximum absolute atomic E-state index is 11.5. The Hall–Kier alpha value is -1.09. The quantitative estimate of drug-likeness (QED) is 0.633. The predicted molar refractivity (Wildman–Crippen MR) is 69.2 cm³/mol. The Morgan fingerprint density at radius 1 is 1.50 bits per heavy atom. The van der Waals surface area contributed by atoms with Crippen molar-refractivity contribution in [3.63, 3.8) is 0 Å². The van der Waals surface area contributed by atoms with E-state index in [9.17, 15) is 4.79 Å². The highest BCUT2D eigenvalue weighted by molar-refractivity contribution is 14.1. The molecule has 0 radical (unpaired) electrons. The molecule has 0 aliphatic heterocycles. The molecule has 0 atom stereocenters. The lowest BCUT2D eigenvalue weighted by molar-refractivity contribution is 0.0526. The molecule has 0 bridgehead atoms. The Morgan fingerprint density at radius 2 is 2.19 bits per heavy atom. The number of rotatable bonds is 3. The van der Waals surface area contributed by atoms with Crippen LogP contribution in [0.15, 0.2) is 12.1 Å². The van der Waals surface area contributed by atoms with Crippen molar-refractivity contribution in [1.29, 1.82) is 5.26 Å². The Morgan fingerprint density at radius 3 is 2.69 bits per heavy atom. The predicted octanol–water partition coefficient (Wildman–Crippen LogP) is 2.90. The average Bonchev–Trinajstić information content (AvgIpc) is 2.28. The molecular weight excluding hydrogens is 317 g/mol. The van der Waals surface area contributed by atoms with Gasteiger partial charge in [-0.1, -0.05) is 6.92 Å². The van der Waals surface area contributed by atoms with Crippen LogP contribution in [0.25, 0.3) is 0 Å². The molecule has 4 heteroatoms. The van der Waals surface area contributed by atoms with Crippen LogP contribution in [0.1, 0.15) is 35.3 Å². The molecular formula is C12H12INO2. The van der Waals surface area contributed by atoms with Gasteiger partial charge in [-0.2, -0.15) is 5.26 Å². The minimum Gasteiger partial charge on any atom is -0.462 e. The van der Waals surface area contributed by atoms with E-state index in [4.69, 9.17) is 10.00 Å². The topological polar surface area (TPSA) is 50.1 Å². The van der Waals surface area contributed by atoms with Crippen molar-refractivity contribution in [3.05, 3.63) is 32.4 Å². The second-order valence-corrected chi connectivity index (χ2v) is 4.33. The summed E-state index contributed by atoms with van der Waals surface area (Å²) in [7, 11) is 0. The minimum atomic E-state index is -0.375. The number of nitriles is 1. The first-order chi connectivity index (χ1) is 7.63. The standard InChI is InChI=1S/C12H12INO2/c1-3-10-9(7-14)5-8(6-11(10)13)12(15)16-4-2/h5-6H,3-4H2,1-2H3. The van der Waals surface area contributed by atoms with Crippen LogP contribution in [0.3, 0.4) is 0 Å². The van der Waals surface area contributed by atoms with Crippen molar-refractivity contribution in [2.24, 2.45) is 0 Å². The van der Waals surface area contributed by atoms with Crippen LogP contribution in [-0.4, -0.2) is 12.6 Å². The van der Waals surface area contributed by atoms with Crippen LogP contribution in [0.4, 0.5) is 0 Å². The summed E-state index contributed by atoms with van der Waals surface area (Å²) < 4.78 is 5.84. The molecule has 0 fully saturated rings. The third-order valence-electron chi connectivity index (χ3n) is 2.18. The number of benzene rings is 1. The van der Waals surface area contributed by atoms with Gasteiger partial charge >= 0.3 is 5.97 Å². The summed E-state index contributed by atoms with van der Waals surface area (Å²) in [5.41, 5.74) is 1.98. The number of carbonyl (C=O) groups excluding carboxylic acids is 1. The van der Waals surface area contributed by atoms with Gasteiger partial charge in [-0.05, 0) is 53.6 Å². The van der Waals surface area contributed by atoms with Crippen molar-refractivity contribution in [2.75, 3.05) is 6.61 Å². The lowest BCUT2D eigenvalue weighted by Gasteiger charge is -2.07. The zero-order valence-electron chi connectivity index (χ0n) is 9.21. The molecule has 0 aliphatic rings. The summed E-state index contributed by atoms with van der Waals surface area (Å²) in [5.74, 6) is -0.375. The minimum absolute atomic E-state index is 0.340. The molecule has 0 saturated heterocycles. The van der Waals surface area contributed by atoms with E-state index in [1.165, 1.54) is 0 Å². The molecule has 0 amide bonds. The van der Waals surface area contributed by atoms with Crippen LogP contribution in [0, 0.1) is 14.9 Å². The van der Waals surface area contributed by atoms with Gasteiger partial charge < -0.3 is 4.74 Å². The lowest BCUT2D eigenvalue weighted by Crippen LogP contribution is -2.07. The van der Waals surface area contributed by atoms with Gasteiger partial charge in [0, 0.05) is 3.57 Å². The van der Waals surface area contributed by atoms with Crippen LogP contribution >= 0.6 is 22.6 Å². The van der Waals surface area contributed by atoms with Crippen LogP contribution in [0.5, 0.6) is 0 Å². The van der Waals surface area contributed by atoms with E-state index in [1.807, 2.05) is 6.92 Å². The van der Waals surface area contributed by atoms with Gasteiger partial charge in [-0.25, -0.2) is 4.79 Å². The highest BCUT2D eigenvalue weighted by Gasteiger charge is 2.13. The number of hydrogen-bond acceptors (Lipinski definition) is 3. The molecule has 0 aromatic heterocycles. The highest BCUT2D eigenvalue weighted by Crippen LogP contribution is 2.20. The molecule has 3 nitrogen and oxygen atoms in total. The first-order valence-electron chi connectivity index (χ1n) is 5.03. The van der Waals surface area contributed by atoms with Gasteiger partial charge in [0.05, 0.1) is 23.8 Å². The summed E-state index contributed by atoms with van der Waals surface area (Å²) in [5, 5.41) is 9.00. The zero-order chi connectivity index (χ0) is 12.1. The first kappa shape index (κ1) is 13.0.